The molecule has 0 aromatic rings. The maximum atomic E-state index is 5.83. The van der Waals surface area contributed by atoms with Crippen molar-refractivity contribution in [3.8, 4) is 0 Å². The number of morpholine rings is 1. The molecular formula is C14H28N2O2. The van der Waals surface area contributed by atoms with Gasteiger partial charge in [-0.2, -0.15) is 0 Å². The fourth-order valence-corrected chi connectivity index (χ4v) is 2.74. The quantitative estimate of drug-likeness (QED) is 0.630. The minimum absolute atomic E-state index is 0.515. The summed E-state index contributed by atoms with van der Waals surface area (Å²) in [6, 6.07) is 0. The Kier molecular flexibility index (Phi) is 6.41. The standard InChI is InChI=1S/C14H28N2O2/c1-2-3-9-17-10-7-15-6-8-16-11-13-4-5-14(12-16)18-13/h13-15H,2-12H2,1H3. The normalized spacial score (nSPS) is 27.8. The van der Waals surface area contributed by atoms with Crippen LogP contribution in [0.5, 0.6) is 0 Å². The van der Waals surface area contributed by atoms with Gasteiger partial charge in [0.2, 0.25) is 0 Å². The first-order valence-corrected chi connectivity index (χ1v) is 7.54. The van der Waals surface area contributed by atoms with Crippen molar-refractivity contribution in [2.24, 2.45) is 0 Å². The largest absolute Gasteiger partial charge is 0.380 e. The number of rotatable bonds is 9. The number of hydrogen-bond donors (Lipinski definition) is 1. The topological polar surface area (TPSA) is 33.7 Å². The predicted molar refractivity (Wildman–Crippen MR) is 72.9 cm³/mol. The van der Waals surface area contributed by atoms with E-state index in [4.69, 9.17) is 9.47 Å². The summed E-state index contributed by atoms with van der Waals surface area (Å²) in [4.78, 5) is 2.54. The molecule has 2 unspecified atom stereocenters. The van der Waals surface area contributed by atoms with Crippen LogP contribution < -0.4 is 5.32 Å². The number of nitrogens with one attached hydrogen (secondary N) is 1. The van der Waals surface area contributed by atoms with E-state index in [0.29, 0.717) is 12.2 Å². The summed E-state index contributed by atoms with van der Waals surface area (Å²) in [5.41, 5.74) is 0. The third-order valence-electron chi connectivity index (χ3n) is 3.79. The third kappa shape index (κ3) is 4.84. The Morgan fingerprint density at radius 2 is 1.94 bits per heavy atom. The molecule has 2 atom stereocenters. The molecule has 2 bridgehead atoms. The molecule has 2 aliphatic heterocycles. The lowest BCUT2D eigenvalue weighted by molar-refractivity contribution is -0.0377. The molecule has 2 fully saturated rings. The summed E-state index contributed by atoms with van der Waals surface area (Å²) in [5.74, 6) is 0. The molecule has 0 radical (unpaired) electrons. The van der Waals surface area contributed by atoms with Gasteiger partial charge in [0, 0.05) is 39.3 Å². The molecule has 2 heterocycles. The summed E-state index contributed by atoms with van der Waals surface area (Å²) in [6.07, 6.45) is 5.95. The van der Waals surface area contributed by atoms with Gasteiger partial charge in [-0.05, 0) is 19.3 Å². The van der Waals surface area contributed by atoms with Crippen LogP contribution in [0.3, 0.4) is 0 Å². The van der Waals surface area contributed by atoms with Crippen molar-refractivity contribution in [2.75, 3.05) is 45.9 Å². The van der Waals surface area contributed by atoms with Crippen molar-refractivity contribution in [1.82, 2.24) is 10.2 Å². The van der Waals surface area contributed by atoms with Gasteiger partial charge in [-0.1, -0.05) is 13.3 Å². The predicted octanol–water partition coefficient (Wildman–Crippen LogP) is 1.26. The molecule has 0 saturated carbocycles. The molecule has 0 aromatic carbocycles. The number of ether oxygens (including phenoxy) is 2. The van der Waals surface area contributed by atoms with Gasteiger partial charge in [0.25, 0.3) is 0 Å². The lowest BCUT2D eigenvalue weighted by Gasteiger charge is -2.32. The molecule has 4 heteroatoms. The molecule has 2 aliphatic rings. The zero-order valence-corrected chi connectivity index (χ0v) is 11.7. The molecule has 1 N–H and O–H groups in total. The van der Waals surface area contributed by atoms with Crippen LogP contribution in [0.25, 0.3) is 0 Å². The van der Waals surface area contributed by atoms with Gasteiger partial charge in [0.05, 0.1) is 18.8 Å². The number of hydrogen-bond acceptors (Lipinski definition) is 4. The van der Waals surface area contributed by atoms with Crippen LogP contribution in [-0.2, 0) is 9.47 Å². The van der Waals surface area contributed by atoms with Crippen LogP contribution in [0.15, 0.2) is 0 Å². The molecule has 0 amide bonds. The molecule has 0 spiro atoms. The molecule has 2 rings (SSSR count). The highest BCUT2D eigenvalue weighted by atomic mass is 16.5. The van der Waals surface area contributed by atoms with Crippen molar-refractivity contribution >= 4 is 0 Å². The van der Waals surface area contributed by atoms with Crippen LogP contribution >= 0.6 is 0 Å². The number of fused-ring (bicyclic) bond motifs is 2. The SMILES string of the molecule is CCCCOCCNCCN1CC2CCC(C1)O2. The highest BCUT2D eigenvalue weighted by Gasteiger charge is 2.33. The van der Waals surface area contributed by atoms with Crippen LogP contribution in [-0.4, -0.2) is 63.0 Å². The van der Waals surface area contributed by atoms with Gasteiger partial charge in [-0.15, -0.1) is 0 Å². The van der Waals surface area contributed by atoms with Gasteiger partial charge >= 0.3 is 0 Å². The first-order valence-electron chi connectivity index (χ1n) is 7.54. The Morgan fingerprint density at radius 3 is 2.67 bits per heavy atom. The van der Waals surface area contributed by atoms with Gasteiger partial charge < -0.3 is 14.8 Å². The highest BCUT2D eigenvalue weighted by Crippen LogP contribution is 2.25. The second-order valence-electron chi connectivity index (χ2n) is 5.43. The third-order valence-corrected chi connectivity index (χ3v) is 3.79. The van der Waals surface area contributed by atoms with Gasteiger partial charge in [-0.25, -0.2) is 0 Å². The Hall–Kier alpha value is -0.160. The van der Waals surface area contributed by atoms with Crippen LogP contribution in [0.1, 0.15) is 32.6 Å². The van der Waals surface area contributed by atoms with Crippen molar-refractivity contribution in [3.05, 3.63) is 0 Å². The lowest BCUT2D eigenvalue weighted by atomic mass is 10.2. The minimum atomic E-state index is 0.515. The smallest absolute Gasteiger partial charge is 0.0707 e. The summed E-state index contributed by atoms with van der Waals surface area (Å²) in [6.45, 7) is 9.38. The molecule has 18 heavy (non-hydrogen) atoms. The Bertz CT molecular complexity index is 214. The Morgan fingerprint density at radius 1 is 1.17 bits per heavy atom. The lowest BCUT2D eigenvalue weighted by Crippen LogP contribution is -2.45. The molecular weight excluding hydrogens is 228 g/mol. The molecule has 0 aliphatic carbocycles. The first kappa shape index (κ1) is 14.3. The van der Waals surface area contributed by atoms with Crippen molar-refractivity contribution < 1.29 is 9.47 Å². The number of nitrogens with zero attached hydrogens (tertiary/aromatic N) is 1. The summed E-state index contributed by atoms with van der Waals surface area (Å²) < 4.78 is 11.3. The van der Waals surface area contributed by atoms with Crippen LogP contribution in [0.2, 0.25) is 0 Å². The molecule has 2 saturated heterocycles. The molecule has 4 nitrogen and oxygen atoms in total. The van der Waals surface area contributed by atoms with Gasteiger partial charge in [0.15, 0.2) is 0 Å². The van der Waals surface area contributed by atoms with E-state index in [0.717, 1.165) is 45.9 Å². The zero-order chi connectivity index (χ0) is 12.6. The molecule has 106 valence electrons. The van der Waals surface area contributed by atoms with E-state index in [9.17, 15) is 0 Å². The first-order chi connectivity index (χ1) is 8.88. The maximum absolute atomic E-state index is 5.83. The van der Waals surface area contributed by atoms with E-state index in [-0.39, 0.29) is 0 Å². The highest BCUT2D eigenvalue weighted by molar-refractivity contribution is 4.84. The number of unbranched alkanes of at least 4 members (excludes halogenated alkanes) is 1. The monoisotopic (exact) mass is 256 g/mol. The Labute approximate surface area is 111 Å². The number of likely N-dealkylation sites (tertiary alicyclic amines) is 1. The average molecular weight is 256 g/mol. The van der Waals surface area contributed by atoms with E-state index < -0.39 is 0 Å². The van der Waals surface area contributed by atoms with Gasteiger partial charge in [0.1, 0.15) is 0 Å². The van der Waals surface area contributed by atoms with Gasteiger partial charge in [-0.3, -0.25) is 4.90 Å². The average Bonchev–Trinajstić information content (AvgIpc) is 2.72. The van der Waals surface area contributed by atoms with E-state index in [1.54, 1.807) is 0 Å². The van der Waals surface area contributed by atoms with Crippen LogP contribution in [0, 0.1) is 0 Å². The summed E-state index contributed by atoms with van der Waals surface area (Å²) in [7, 11) is 0. The second-order valence-corrected chi connectivity index (χ2v) is 5.43. The fourth-order valence-electron chi connectivity index (χ4n) is 2.74. The summed E-state index contributed by atoms with van der Waals surface area (Å²) in [5, 5.41) is 3.45. The van der Waals surface area contributed by atoms with E-state index in [1.807, 2.05) is 0 Å². The maximum Gasteiger partial charge on any atom is 0.0707 e. The van der Waals surface area contributed by atoms with Crippen molar-refractivity contribution in [2.45, 2.75) is 44.8 Å². The fraction of sp³-hybridized carbons (Fsp3) is 1.00. The van der Waals surface area contributed by atoms with Crippen molar-refractivity contribution in [3.63, 3.8) is 0 Å². The van der Waals surface area contributed by atoms with E-state index in [2.05, 4.69) is 17.1 Å². The van der Waals surface area contributed by atoms with Crippen LogP contribution in [0.4, 0.5) is 0 Å². The summed E-state index contributed by atoms with van der Waals surface area (Å²) >= 11 is 0. The zero-order valence-electron chi connectivity index (χ0n) is 11.7. The van der Waals surface area contributed by atoms with E-state index in [1.165, 1.54) is 25.7 Å². The minimum Gasteiger partial charge on any atom is -0.380 e. The Balaban J connectivity index is 1.41. The second kappa shape index (κ2) is 8.10. The van der Waals surface area contributed by atoms with E-state index >= 15 is 0 Å². The van der Waals surface area contributed by atoms with Crippen molar-refractivity contribution in [1.29, 1.82) is 0 Å². The molecule has 0 aromatic heterocycles.